The lowest BCUT2D eigenvalue weighted by molar-refractivity contribution is 0.308. The molecule has 0 bridgehead atoms. The number of benzene rings is 1. The maximum absolute atomic E-state index is 4.87. The second-order valence-corrected chi connectivity index (χ2v) is 5.61. The van der Waals surface area contributed by atoms with E-state index in [0.717, 1.165) is 25.0 Å². The Balaban J connectivity index is 2.32. The van der Waals surface area contributed by atoms with Gasteiger partial charge in [0, 0.05) is 30.6 Å². The molecule has 18 heavy (non-hydrogen) atoms. The first-order valence-electron chi connectivity index (χ1n) is 6.75. The zero-order valence-electron chi connectivity index (χ0n) is 11.4. The minimum Gasteiger partial charge on any atom is -0.302 e. The second-order valence-electron chi connectivity index (χ2n) is 5.61. The van der Waals surface area contributed by atoms with Gasteiger partial charge in [0.1, 0.15) is 0 Å². The molecule has 0 spiro atoms. The maximum atomic E-state index is 4.87. The van der Waals surface area contributed by atoms with Gasteiger partial charge in [-0.25, -0.2) is 0 Å². The highest BCUT2D eigenvalue weighted by atomic mass is 15.1. The predicted molar refractivity (Wildman–Crippen MR) is 75.9 cm³/mol. The summed E-state index contributed by atoms with van der Waals surface area (Å²) in [6.07, 6.45) is 1.08. The molecule has 1 aromatic carbocycles. The molecule has 0 aliphatic carbocycles. The largest absolute Gasteiger partial charge is 0.302 e. The Labute approximate surface area is 109 Å². The van der Waals surface area contributed by atoms with Crippen molar-refractivity contribution in [3.8, 4) is 0 Å². The molecule has 94 valence electrons. The number of nitrogens with zero attached hydrogens (tertiary/aromatic N) is 2. The van der Waals surface area contributed by atoms with Gasteiger partial charge in [-0.15, -0.1) is 0 Å². The zero-order chi connectivity index (χ0) is 12.7. The third-order valence-electron chi connectivity index (χ3n) is 3.86. The average Bonchev–Trinajstić information content (AvgIpc) is 2.35. The lowest BCUT2D eigenvalue weighted by Gasteiger charge is -2.28. The molecule has 2 heteroatoms. The quantitative estimate of drug-likeness (QED) is 0.760. The SMILES string of the molecule is CC(C)c1c2c(nc3ccccc13)CCN(C)C2. The van der Waals surface area contributed by atoms with Gasteiger partial charge in [-0.05, 0) is 30.2 Å². The number of likely N-dealkylation sites (N-methyl/N-ethyl adjacent to an activating group) is 1. The minimum absolute atomic E-state index is 0.554. The molecule has 2 aromatic rings. The summed E-state index contributed by atoms with van der Waals surface area (Å²) in [7, 11) is 2.20. The Bertz CT molecular complexity index is 587. The fraction of sp³-hybridized carbons (Fsp3) is 0.438. The molecule has 2 nitrogen and oxygen atoms in total. The summed E-state index contributed by atoms with van der Waals surface area (Å²) in [5.41, 5.74) is 5.44. The fourth-order valence-corrected chi connectivity index (χ4v) is 3.02. The van der Waals surface area contributed by atoms with Gasteiger partial charge in [0.2, 0.25) is 0 Å². The number of hydrogen-bond donors (Lipinski definition) is 0. The summed E-state index contributed by atoms with van der Waals surface area (Å²) >= 11 is 0. The highest BCUT2D eigenvalue weighted by Crippen LogP contribution is 2.32. The summed E-state index contributed by atoms with van der Waals surface area (Å²) in [5, 5.41) is 1.33. The van der Waals surface area contributed by atoms with Crippen LogP contribution in [0.15, 0.2) is 24.3 Å². The molecule has 0 unspecified atom stereocenters. The van der Waals surface area contributed by atoms with E-state index < -0.39 is 0 Å². The molecule has 1 aromatic heterocycles. The topological polar surface area (TPSA) is 16.1 Å². The molecule has 0 fully saturated rings. The highest BCUT2D eigenvalue weighted by molar-refractivity contribution is 5.84. The summed E-state index contributed by atoms with van der Waals surface area (Å²) in [6, 6.07) is 8.56. The fourth-order valence-electron chi connectivity index (χ4n) is 3.02. The van der Waals surface area contributed by atoms with Gasteiger partial charge in [-0.3, -0.25) is 4.98 Å². The third kappa shape index (κ3) is 1.81. The summed E-state index contributed by atoms with van der Waals surface area (Å²) in [5.74, 6) is 0.554. The van der Waals surface area contributed by atoms with Crippen LogP contribution < -0.4 is 0 Å². The van der Waals surface area contributed by atoms with Gasteiger partial charge in [0.25, 0.3) is 0 Å². The molecule has 1 aliphatic rings. The van der Waals surface area contributed by atoms with E-state index in [4.69, 9.17) is 4.98 Å². The normalized spacial score (nSPS) is 16.2. The Hall–Kier alpha value is -1.41. The zero-order valence-corrected chi connectivity index (χ0v) is 11.4. The summed E-state index contributed by atoms with van der Waals surface area (Å²) < 4.78 is 0. The minimum atomic E-state index is 0.554. The van der Waals surface area contributed by atoms with Crippen LogP contribution >= 0.6 is 0 Å². The number of para-hydroxylation sites is 1. The van der Waals surface area contributed by atoms with E-state index in [0.29, 0.717) is 5.92 Å². The molecular formula is C16H20N2. The van der Waals surface area contributed by atoms with Crippen LogP contribution in [-0.4, -0.2) is 23.5 Å². The van der Waals surface area contributed by atoms with E-state index in [1.165, 1.54) is 22.2 Å². The Morgan fingerprint density at radius 2 is 2.00 bits per heavy atom. The number of rotatable bonds is 1. The third-order valence-corrected chi connectivity index (χ3v) is 3.86. The number of hydrogen-bond acceptors (Lipinski definition) is 2. The monoisotopic (exact) mass is 240 g/mol. The van der Waals surface area contributed by atoms with Crippen molar-refractivity contribution in [2.45, 2.75) is 32.7 Å². The van der Waals surface area contributed by atoms with Crippen LogP contribution in [0.3, 0.4) is 0 Å². The lowest BCUT2D eigenvalue weighted by Crippen LogP contribution is -2.28. The van der Waals surface area contributed by atoms with E-state index in [9.17, 15) is 0 Å². The van der Waals surface area contributed by atoms with Crippen molar-refractivity contribution in [1.82, 2.24) is 9.88 Å². The number of aromatic nitrogens is 1. The van der Waals surface area contributed by atoms with Crippen molar-refractivity contribution in [3.05, 3.63) is 41.1 Å². The molecule has 0 saturated carbocycles. The Morgan fingerprint density at radius 1 is 1.22 bits per heavy atom. The van der Waals surface area contributed by atoms with Crippen molar-refractivity contribution >= 4 is 10.9 Å². The first-order valence-corrected chi connectivity index (χ1v) is 6.75. The van der Waals surface area contributed by atoms with Gasteiger partial charge < -0.3 is 4.90 Å². The number of pyridine rings is 1. The van der Waals surface area contributed by atoms with Crippen LogP contribution in [0.5, 0.6) is 0 Å². The predicted octanol–water partition coefficient (Wildman–Crippen LogP) is 3.35. The van der Waals surface area contributed by atoms with Crippen molar-refractivity contribution in [2.24, 2.45) is 0 Å². The molecule has 3 rings (SSSR count). The molecule has 0 amide bonds. The molecule has 0 N–H and O–H groups in total. The molecule has 0 atom stereocenters. The molecule has 0 saturated heterocycles. The van der Waals surface area contributed by atoms with Crippen molar-refractivity contribution < 1.29 is 0 Å². The van der Waals surface area contributed by atoms with E-state index in [2.05, 4.69) is 50.1 Å². The van der Waals surface area contributed by atoms with Gasteiger partial charge in [-0.1, -0.05) is 32.0 Å². The molecule has 2 heterocycles. The molecular weight excluding hydrogens is 220 g/mol. The lowest BCUT2D eigenvalue weighted by atomic mass is 9.89. The van der Waals surface area contributed by atoms with Gasteiger partial charge in [-0.2, -0.15) is 0 Å². The summed E-state index contributed by atoms with van der Waals surface area (Å²) in [6.45, 7) is 6.74. The van der Waals surface area contributed by atoms with E-state index in [1.807, 2.05) is 0 Å². The maximum Gasteiger partial charge on any atom is 0.0708 e. The molecule has 0 radical (unpaired) electrons. The van der Waals surface area contributed by atoms with E-state index in [1.54, 1.807) is 0 Å². The van der Waals surface area contributed by atoms with Crippen LogP contribution in [0, 0.1) is 0 Å². The van der Waals surface area contributed by atoms with Crippen molar-refractivity contribution in [1.29, 1.82) is 0 Å². The van der Waals surface area contributed by atoms with Crippen LogP contribution in [0.2, 0.25) is 0 Å². The van der Waals surface area contributed by atoms with Crippen LogP contribution in [0.1, 0.15) is 36.6 Å². The van der Waals surface area contributed by atoms with Crippen LogP contribution in [0.4, 0.5) is 0 Å². The standard InChI is InChI=1S/C16H20N2/c1-11(2)16-12-6-4-5-7-14(12)17-15-8-9-18(3)10-13(15)16/h4-7,11H,8-10H2,1-3H3. The average molecular weight is 240 g/mol. The Kier molecular flexibility index (Phi) is 2.83. The first kappa shape index (κ1) is 11.7. The van der Waals surface area contributed by atoms with Gasteiger partial charge in [0.05, 0.1) is 5.52 Å². The summed E-state index contributed by atoms with van der Waals surface area (Å²) in [4.78, 5) is 7.26. The Morgan fingerprint density at radius 3 is 2.78 bits per heavy atom. The van der Waals surface area contributed by atoms with Gasteiger partial charge in [0.15, 0.2) is 0 Å². The van der Waals surface area contributed by atoms with Crippen molar-refractivity contribution in [3.63, 3.8) is 0 Å². The molecule has 1 aliphatic heterocycles. The number of fused-ring (bicyclic) bond motifs is 2. The van der Waals surface area contributed by atoms with Crippen LogP contribution in [0.25, 0.3) is 10.9 Å². The first-order chi connectivity index (χ1) is 8.66. The smallest absolute Gasteiger partial charge is 0.0708 e. The highest BCUT2D eigenvalue weighted by Gasteiger charge is 2.21. The van der Waals surface area contributed by atoms with E-state index in [-0.39, 0.29) is 0 Å². The van der Waals surface area contributed by atoms with Crippen LogP contribution in [-0.2, 0) is 13.0 Å². The van der Waals surface area contributed by atoms with E-state index >= 15 is 0 Å². The van der Waals surface area contributed by atoms with Gasteiger partial charge >= 0.3 is 0 Å². The second kappa shape index (κ2) is 4.36. The van der Waals surface area contributed by atoms with Crippen molar-refractivity contribution in [2.75, 3.05) is 13.6 Å².